The molecule has 0 aliphatic carbocycles. The maximum Gasteiger partial charge on any atom is 0.221 e. The average molecular weight is 310 g/mol. The first-order chi connectivity index (χ1) is 9.96. The smallest absolute Gasteiger partial charge is 0.221 e. The predicted molar refractivity (Wildman–Crippen MR) is 82.7 cm³/mol. The molecule has 1 fully saturated rings. The van der Waals surface area contributed by atoms with E-state index in [1.807, 2.05) is 12.1 Å². The summed E-state index contributed by atoms with van der Waals surface area (Å²) < 4.78 is 22.6. The Hall–Kier alpha value is -1.40. The minimum atomic E-state index is -2.94. The van der Waals surface area contributed by atoms with Gasteiger partial charge in [0.25, 0.3) is 0 Å². The molecule has 116 valence electrons. The normalized spacial score (nSPS) is 20.3. The molecule has 2 rings (SSSR count). The number of rotatable bonds is 6. The van der Waals surface area contributed by atoms with Crippen molar-refractivity contribution in [2.24, 2.45) is 0 Å². The number of hydrogen-bond donors (Lipinski definition) is 2. The van der Waals surface area contributed by atoms with E-state index in [1.165, 1.54) is 11.1 Å². The van der Waals surface area contributed by atoms with Crippen molar-refractivity contribution < 1.29 is 13.2 Å². The Morgan fingerprint density at radius 3 is 2.76 bits per heavy atom. The molecule has 0 bridgehead atoms. The zero-order valence-corrected chi connectivity index (χ0v) is 13.1. The Morgan fingerprint density at radius 1 is 1.33 bits per heavy atom. The first-order valence-corrected chi connectivity index (χ1v) is 9.03. The molecular formula is C15H22N2O3S. The second-order valence-electron chi connectivity index (χ2n) is 5.52. The van der Waals surface area contributed by atoms with Crippen molar-refractivity contribution in [3.05, 3.63) is 35.4 Å². The van der Waals surface area contributed by atoms with Gasteiger partial charge in [0, 0.05) is 25.6 Å². The van der Waals surface area contributed by atoms with Crippen LogP contribution in [0.15, 0.2) is 24.3 Å². The van der Waals surface area contributed by atoms with Crippen molar-refractivity contribution in [1.29, 1.82) is 0 Å². The summed E-state index contributed by atoms with van der Waals surface area (Å²) in [5.41, 5.74) is 2.45. The van der Waals surface area contributed by atoms with Gasteiger partial charge in [-0.3, -0.25) is 4.79 Å². The number of sulfone groups is 1. The Labute approximate surface area is 126 Å². The van der Waals surface area contributed by atoms with Crippen LogP contribution >= 0.6 is 0 Å². The van der Waals surface area contributed by atoms with E-state index in [2.05, 4.69) is 29.7 Å². The number of carbonyl (C=O) groups is 1. The average Bonchev–Trinajstić information content (AvgIpc) is 2.76. The molecule has 21 heavy (non-hydrogen) atoms. The number of nitrogens with one attached hydrogen (secondary N) is 2. The van der Waals surface area contributed by atoms with Gasteiger partial charge in [0.2, 0.25) is 5.91 Å². The van der Waals surface area contributed by atoms with Crippen LogP contribution in [-0.2, 0) is 21.2 Å². The lowest BCUT2D eigenvalue weighted by Gasteiger charge is -2.11. The number of carbonyl (C=O) groups excluding carboxylic acids is 1. The molecule has 2 N–H and O–H groups in total. The fourth-order valence-electron chi connectivity index (χ4n) is 2.44. The molecule has 1 unspecified atom stereocenters. The van der Waals surface area contributed by atoms with Gasteiger partial charge in [-0.05, 0) is 24.5 Å². The lowest BCUT2D eigenvalue weighted by atomic mass is 10.1. The maximum atomic E-state index is 11.7. The third-order valence-corrected chi connectivity index (χ3v) is 5.47. The number of aryl methyl sites for hydroxylation is 1. The highest BCUT2D eigenvalue weighted by Gasteiger charge is 2.28. The molecular weight excluding hydrogens is 288 g/mol. The molecule has 0 spiro atoms. The standard InChI is InChI=1S/C15H22N2O3S/c1-12-4-2-3-5-13(12)10-16-8-6-15(18)17-14-7-9-21(19,20)11-14/h2-5,14,16H,6-11H2,1H3,(H,17,18). The molecule has 0 aromatic heterocycles. The minimum Gasteiger partial charge on any atom is -0.352 e. The minimum absolute atomic E-state index is 0.0787. The van der Waals surface area contributed by atoms with Crippen molar-refractivity contribution in [3.8, 4) is 0 Å². The maximum absolute atomic E-state index is 11.7. The third-order valence-electron chi connectivity index (χ3n) is 3.70. The molecule has 1 aliphatic heterocycles. The number of benzene rings is 1. The van der Waals surface area contributed by atoms with E-state index in [-0.39, 0.29) is 23.5 Å². The van der Waals surface area contributed by atoms with Crippen LogP contribution in [0.2, 0.25) is 0 Å². The second kappa shape index (κ2) is 7.04. The number of amides is 1. The lowest BCUT2D eigenvalue weighted by molar-refractivity contribution is -0.121. The molecule has 1 aromatic rings. The fourth-order valence-corrected chi connectivity index (χ4v) is 4.12. The largest absolute Gasteiger partial charge is 0.352 e. The molecule has 5 nitrogen and oxygen atoms in total. The Balaban J connectivity index is 1.65. The van der Waals surface area contributed by atoms with Gasteiger partial charge >= 0.3 is 0 Å². The van der Waals surface area contributed by atoms with Crippen LogP contribution in [0.4, 0.5) is 0 Å². The van der Waals surface area contributed by atoms with E-state index in [0.717, 1.165) is 6.54 Å². The molecule has 1 amide bonds. The Bertz CT molecular complexity index is 599. The van der Waals surface area contributed by atoms with Crippen molar-refractivity contribution in [2.75, 3.05) is 18.1 Å². The third kappa shape index (κ3) is 5.13. The van der Waals surface area contributed by atoms with Crippen molar-refractivity contribution in [1.82, 2.24) is 10.6 Å². The van der Waals surface area contributed by atoms with Gasteiger partial charge in [-0.2, -0.15) is 0 Å². The first-order valence-electron chi connectivity index (χ1n) is 7.21. The van der Waals surface area contributed by atoms with Crippen molar-refractivity contribution in [2.45, 2.75) is 32.4 Å². The highest BCUT2D eigenvalue weighted by molar-refractivity contribution is 7.91. The van der Waals surface area contributed by atoms with Gasteiger partial charge in [-0.25, -0.2) is 8.42 Å². The van der Waals surface area contributed by atoms with E-state index in [9.17, 15) is 13.2 Å². The SMILES string of the molecule is Cc1ccccc1CNCCC(=O)NC1CCS(=O)(=O)C1. The molecule has 0 saturated carbocycles. The Kier molecular flexibility index (Phi) is 5.36. The molecule has 1 atom stereocenters. The molecule has 1 aromatic carbocycles. The monoisotopic (exact) mass is 310 g/mol. The van der Waals surface area contributed by atoms with Gasteiger partial charge in [-0.15, -0.1) is 0 Å². The molecule has 1 heterocycles. The summed E-state index contributed by atoms with van der Waals surface area (Å²) in [5, 5.41) is 6.02. The lowest BCUT2D eigenvalue weighted by Crippen LogP contribution is -2.37. The first kappa shape index (κ1) is 16.0. The molecule has 1 aliphatic rings. The van der Waals surface area contributed by atoms with Gasteiger partial charge in [-0.1, -0.05) is 24.3 Å². The predicted octanol–water partition coefficient (Wildman–Crippen LogP) is 0.778. The van der Waals surface area contributed by atoms with Gasteiger partial charge in [0.05, 0.1) is 11.5 Å². The van der Waals surface area contributed by atoms with Crippen LogP contribution in [0.3, 0.4) is 0 Å². The van der Waals surface area contributed by atoms with Gasteiger partial charge in [0.15, 0.2) is 9.84 Å². The van der Waals surface area contributed by atoms with Crippen LogP contribution in [0.1, 0.15) is 24.0 Å². The van der Waals surface area contributed by atoms with E-state index in [1.54, 1.807) is 0 Å². The summed E-state index contributed by atoms with van der Waals surface area (Å²) >= 11 is 0. The summed E-state index contributed by atoms with van der Waals surface area (Å²) in [6.45, 7) is 3.38. The highest BCUT2D eigenvalue weighted by Crippen LogP contribution is 2.11. The van der Waals surface area contributed by atoms with Crippen LogP contribution < -0.4 is 10.6 Å². The van der Waals surface area contributed by atoms with Gasteiger partial charge in [0.1, 0.15) is 0 Å². The zero-order valence-electron chi connectivity index (χ0n) is 12.3. The summed E-state index contributed by atoms with van der Waals surface area (Å²) in [6.07, 6.45) is 0.896. The topological polar surface area (TPSA) is 75.3 Å². The number of hydrogen-bond acceptors (Lipinski definition) is 4. The van der Waals surface area contributed by atoms with Crippen LogP contribution in [0, 0.1) is 6.92 Å². The Morgan fingerprint density at radius 2 is 2.10 bits per heavy atom. The quantitative estimate of drug-likeness (QED) is 0.761. The summed E-state index contributed by atoms with van der Waals surface area (Å²) in [5.74, 6) is 0.174. The van der Waals surface area contributed by atoms with E-state index in [0.29, 0.717) is 19.4 Å². The summed E-state index contributed by atoms with van der Waals surface area (Å²) in [7, 11) is -2.94. The van der Waals surface area contributed by atoms with Crippen LogP contribution in [0.25, 0.3) is 0 Å². The van der Waals surface area contributed by atoms with E-state index < -0.39 is 9.84 Å². The molecule has 0 radical (unpaired) electrons. The molecule has 6 heteroatoms. The van der Waals surface area contributed by atoms with Crippen molar-refractivity contribution in [3.63, 3.8) is 0 Å². The highest BCUT2D eigenvalue weighted by atomic mass is 32.2. The molecule has 1 saturated heterocycles. The fraction of sp³-hybridized carbons (Fsp3) is 0.533. The summed E-state index contributed by atoms with van der Waals surface area (Å²) in [6, 6.07) is 7.91. The summed E-state index contributed by atoms with van der Waals surface area (Å²) in [4.78, 5) is 11.7. The van der Waals surface area contributed by atoms with Crippen LogP contribution in [0.5, 0.6) is 0 Å². The van der Waals surface area contributed by atoms with E-state index in [4.69, 9.17) is 0 Å². The van der Waals surface area contributed by atoms with E-state index >= 15 is 0 Å². The van der Waals surface area contributed by atoms with Crippen LogP contribution in [-0.4, -0.2) is 38.4 Å². The zero-order chi connectivity index (χ0) is 15.3. The van der Waals surface area contributed by atoms with Gasteiger partial charge < -0.3 is 10.6 Å². The van der Waals surface area contributed by atoms with Crippen molar-refractivity contribution >= 4 is 15.7 Å². The second-order valence-corrected chi connectivity index (χ2v) is 7.75.